The highest BCUT2D eigenvalue weighted by atomic mass is 16.5. The van der Waals surface area contributed by atoms with Gasteiger partial charge in [0.25, 0.3) is 17.6 Å². The van der Waals surface area contributed by atoms with Gasteiger partial charge in [-0.2, -0.15) is 4.80 Å². The molecule has 2 atom stereocenters. The number of aromatic nitrogens is 4. The van der Waals surface area contributed by atoms with E-state index in [1.54, 1.807) is 20.0 Å². The maximum Gasteiger partial charge on any atom is 0.293 e. The molecule has 0 spiro atoms. The average Bonchev–Trinajstić information content (AvgIpc) is 3.43. The molecule has 0 saturated carbocycles. The molecule has 2 amide bonds. The lowest BCUT2D eigenvalue weighted by Crippen LogP contribution is -2.53. The van der Waals surface area contributed by atoms with E-state index in [9.17, 15) is 9.59 Å². The Morgan fingerprint density at radius 1 is 1.10 bits per heavy atom. The molecule has 2 aliphatic rings. The van der Waals surface area contributed by atoms with E-state index in [4.69, 9.17) is 11.2 Å². The fourth-order valence-corrected chi connectivity index (χ4v) is 4.77. The first-order valence-electron chi connectivity index (χ1n) is 13.5. The largest absolute Gasteiger partial charge is 0.486 e. The van der Waals surface area contributed by atoms with E-state index in [1.807, 2.05) is 42.5 Å². The minimum Gasteiger partial charge on any atom is -0.486 e. The Morgan fingerprint density at radius 3 is 2.56 bits per heavy atom. The van der Waals surface area contributed by atoms with E-state index in [2.05, 4.69) is 48.3 Å². The number of hydrogen-bond donors (Lipinski definition) is 1. The van der Waals surface area contributed by atoms with Gasteiger partial charge in [0.05, 0.1) is 25.3 Å². The third kappa shape index (κ3) is 6.72. The van der Waals surface area contributed by atoms with Gasteiger partial charge < -0.3 is 15.0 Å². The van der Waals surface area contributed by atoms with Crippen molar-refractivity contribution in [2.75, 3.05) is 51.2 Å². The summed E-state index contributed by atoms with van der Waals surface area (Å²) in [5, 5.41) is 14.7. The molecule has 0 radical (unpaired) electrons. The van der Waals surface area contributed by atoms with Gasteiger partial charge in [-0.15, -0.1) is 16.6 Å². The van der Waals surface area contributed by atoms with Gasteiger partial charge >= 0.3 is 0 Å². The third-order valence-corrected chi connectivity index (χ3v) is 7.12. The second-order valence-electron chi connectivity index (χ2n) is 10.0. The van der Waals surface area contributed by atoms with Gasteiger partial charge in [0, 0.05) is 38.8 Å². The van der Waals surface area contributed by atoms with Gasteiger partial charge in [-0.1, -0.05) is 48.1 Å². The van der Waals surface area contributed by atoms with E-state index >= 15 is 0 Å². The Hall–Kier alpha value is -4.71. The zero-order valence-corrected chi connectivity index (χ0v) is 23.2. The fourth-order valence-electron chi connectivity index (χ4n) is 4.77. The van der Waals surface area contributed by atoms with Crippen molar-refractivity contribution < 1.29 is 14.3 Å². The summed E-state index contributed by atoms with van der Waals surface area (Å²) in [6, 6.07) is 14.2. The van der Waals surface area contributed by atoms with Crippen molar-refractivity contribution in [1.29, 1.82) is 0 Å². The highest BCUT2D eigenvalue weighted by Gasteiger charge is 2.36. The Kier molecular flexibility index (Phi) is 8.59. The van der Waals surface area contributed by atoms with Crippen LogP contribution in [-0.2, 0) is 11.3 Å². The molecule has 3 aromatic rings. The number of nitrogens with one attached hydrogen (secondary N) is 1. The number of hydrogen-bond acceptors (Lipinski definition) is 8. The number of fused-ring (bicyclic) bond motifs is 1. The molecule has 1 aromatic heterocycles. The number of ether oxygens (including phenoxy) is 1. The molecule has 0 unspecified atom stereocenters. The van der Waals surface area contributed by atoms with Crippen molar-refractivity contribution in [2.45, 2.75) is 25.6 Å². The van der Waals surface area contributed by atoms with Crippen LogP contribution >= 0.6 is 0 Å². The number of amides is 2. The molecule has 11 nitrogen and oxygen atoms in total. The molecule has 1 fully saturated rings. The number of carbonyl (C=O) groups is 2. The fraction of sp³-hybridized carbons (Fsp3) is 0.367. The summed E-state index contributed by atoms with van der Waals surface area (Å²) in [6.07, 6.45) is 4.77. The molecule has 0 aliphatic carbocycles. The van der Waals surface area contributed by atoms with Crippen LogP contribution in [0.3, 0.4) is 0 Å². The van der Waals surface area contributed by atoms with Gasteiger partial charge in [-0.3, -0.25) is 19.4 Å². The topological polar surface area (TPSA) is 109 Å². The Bertz CT molecular complexity index is 1500. The van der Waals surface area contributed by atoms with Crippen molar-refractivity contribution in [2.24, 2.45) is 0 Å². The quantitative estimate of drug-likeness (QED) is 0.449. The second kappa shape index (κ2) is 12.6. The standard InChI is InChI=1S/C30H32N8O3/c1-4-14-36-16-18-37(19-17-36)15-8-11-23-12-13-26-25(20-23)35(3)30(40)27(22(2)41-26)31-29(39)28-32-34-38(33-28)21-24-9-6-5-7-10-24/h1,5-7,9-10,12-13,20,22,27H,14-19,21H2,2-3H3,(H,31,39)/t22-,27+/m1/s1. The van der Waals surface area contributed by atoms with Crippen molar-refractivity contribution in [3.8, 4) is 29.9 Å². The summed E-state index contributed by atoms with van der Waals surface area (Å²) >= 11 is 0. The molecule has 210 valence electrons. The zero-order chi connectivity index (χ0) is 28.8. The summed E-state index contributed by atoms with van der Waals surface area (Å²) in [6.45, 7) is 7.17. The van der Waals surface area contributed by atoms with E-state index in [1.165, 1.54) is 9.70 Å². The molecule has 5 rings (SSSR count). The minimum absolute atomic E-state index is 0.125. The maximum absolute atomic E-state index is 13.4. The summed E-state index contributed by atoms with van der Waals surface area (Å²) in [4.78, 5) is 33.8. The Labute approximate surface area is 239 Å². The molecular weight excluding hydrogens is 520 g/mol. The molecule has 2 aliphatic heterocycles. The molecule has 11 heteroatoms. The smallest absolute Gasteiger partial charge is 0.293 e. The van der Waals surface area contributed by atoms with Gasteiger partial charge in [-0.25, -0.2) is 0 Å². The van der Waals surface area contributed by atoms with Crippen LogP contribution in [0.5, 0.6) is 5.75 Å². The van der Waals surface area contributed by atoms with Crippen molar-refractivity contribution in [3.63, 3.8) is 0 Å². The highest BCUT2D eigenvalue weighted by Crippen LogP contribution is 2.33. The number of benzene rings is 2. The summed E-state index contributed by atoms with van der Waals surface area (Å²) in [5.74, 6) is 8.62. The SMILES string of the molecule is C#CCN1CCN(CC#Cc2ccc3c(c2)N(C)C(=O)[C@@H](NC(=O)c2nnn(Cc4ccccc4)n2)[C@@H](C)O3)CC1. The van der Waals surface area contributed by atoms with E-state index in [-0.39, 0.29) is 11.7 Å². The van der Waals surface area contributed by atoms with Crippen molar-refractivity contribution in [1.82, 2.24) is 35.3 Å². The van der Waals surface area contributed by atoms with Gasteiger partial charge in [-0.05, 0) is 35.9 Å². The predicted molar refractivity (Wildman–Crippen MR) is 153 cm³/mol. The molecule has 3 heterocycles. The van der Waals surface area contributed by atoms with Crippen molar-refractivity contribution in [3.05, 3.63) is 65.5 Å². The number of rotatable bonds is 6. The second-order valence-corrected chi connectivity index (χ2v) is 10.0. The van der Waals surface area contributed by atoms with Gasteiger partial charge in [0.15, 0.2) is 0 Å². The average molecular weight is 553 g/mol. The van der Waals surface area contributed by atoms with Crippen LogP contribution in [0.4, 0.5) is 5.69 Å². The molecule has 1 saturated heterocycles. The molecule has 2 aromatic carbocycles. The first kappa shape index (κ1) is 27.8. The number of nitrogens with zero attached hydrogens (tertiary/aromatic N) is 7. The lowest BCUT2D eigenvalue weighted by atomic mass is 10.1. The highest BCUT2D eigenvalue weighted by molar-refractivity contribution is 6.02. The molecular formula is C30H32N8O3. The molecule has 1 N–H and O–H groups in total. The zero-order valence-electron chi connectivity index (χ0n) is 23.2. The van der Waals surface area contributed by atoms with Crippen molar-refractivity contribution >= 4 is 17.5 Å². The van der Waals surface area contributed by atoms with E-state index in [0.717, 1.165) is 37.3 Å². The minimum atomic E-state index is -0.955. The summed E-state index contributed by atoms with van der Waals surface area (Å²) < 4.78 is 6.10. The van der Waals surface area contributed by atoms with Crippen LogP contribution < -0.4 is 15.0 Å². The summed E-state index contributed by atoms with van der Waals surface area (Å²) in [5.41, 5.74) is 2.33. The van der Waals surface area contributed by atoms with Crippen LogP contribution in [0.25, 0.3) is 0 Å². The van der Waals surface area contributed by atoms with Crippen LogP contribution in [0.1, 0.15) is 28.7 Å². The van der Waals surface area contributed by atoms with Crippen LogP contribution in [-0.4, -0.2) is 100 Å². The van der Waals surface area contributed by atoms with Gasteiger partial charge in [0.2, 0.25) is 0 Å². The number of likely N-dealkylation sites (N-methyl/N-ethyl adjacent to an activating group) is 1. The van der Waals surface area contributed by atoms with E-state index in [0.29, 0.717) is 31.1 Å². The Morgan fingerprint density at radius 2 is 1.83 bits per heavy atom. The Balaban J connectivity index is 1.22. The molecule has 0 bridgehead atoms. The number of carbonyl (C=O) groups excluding carboxylic acids is 2. The maximum atomic E-state index is 13.4. The van der Waals surface area contributed by atoms with E-state index < -0.39 is 18.1 Å². The van der Waals surface area contributed by atoms with Crippen LogP contribution in [0, 0.1) is 24.2 Å². The first-order chi connectivity index (χ1) is 19.9. The van der Waals surface area contributed by atoms with Crippen LogP contribution in [0.15, 0.2) is 48.5 Å². The monoisotopic (exact) mass is 552 g/mol. The number of anilines is 1. The summed E-state index contributed by atoms with van der Waals surface area (Å²) in [7, 11) is 1.66. The lowest BCUT2D eigenvalue weighted by molar-refractivity contribution is -0.121. The number of piperazine rings is 1. The number of tetrazole rings is 1. The first-order valence-corrected chi connectivity index (χ1v) is 13.5. The lowest BCUT2D eigenvalue weighted by Gasteiger charge is -2.32. The number of terminal acetylenes is 1. The normalized spacial score (nSPS) is 19.2. The third-order valence-electron chi connectivity index (χ3n) is 7.12. The predicted octanol–water partition coefficient (Wildman–Crippen LogP) is 0.866. The molecule has 41 heavy (non-hydrogen) atoms. The van der Waals surface area contributed by atoms with Gasteiger partial charge in [0.1, 0.15) is 17.9 Å². The van der Waals surface area contributed by atoms with Crippen LogP contribution in [0.2, 0.25) is 0 Å².